The lowest BCUT2D eigenvalue weighted by Gasteiger charge is -2.35. The fraction of sp³-hybridized carbons (Fsp3) is 0.786. The highest BCUT2D eigenvalue weighted by atomic mass is 16.4. The summed E-state index contributed by atoms with van der Waals surface area (Å²) < 4.78 is 0. The summed E-state index contributed by atoms with van der Waals surface area (Å²) in [4.78, 5) is 38.0. The lowest BCUT2D eigenvalue weighted by atomic mass is 10.1. The van der Waals surface area contributed by atoms with Crippen LogP contribution >= 0.6 is 0 Å². The molecule has 0 aromatic carbocycles. The minimum atomic E-state index is -1.12. The van der Waals surface area contributed by atoms with E-state index < -0.39 is 30.7 Å². The normalized spacial score (nSPS) is 25.3. The fourth-order valence-electron chi connectivity index (χ4n) is 3.04. The van der Waals surface area contributed by atoms with Crippen molar-refractivity contribution in [3.05, 3.63) is 0 Å². The van der Waals surface area contributed by atoms with Crippen LogP contribution in [0.4, 0.5) is 4.79 Å². The molecule has 2 aliphatic rings. The Hall–Kier alpha value is -1.87. The van der Waals surface area contributed by atoms with E-state index in [1.54, 1.807) is 0 Å². The molecule has 0 aliphatic carbocycles. The Morgan fingerprint density at radius 3 is 2.74 bits per heavy atom. The maximum atomic E-state index is 12.1. The average molecular weight is 328 g/mol. The molecule has 2 rings (SSSR count). The van der Waals surface area contributed by atoms with E-state index in [1.165, 1.54) is 4.90 Å². The van der Waals surface area contributed by atoms with E-state index in [0.717, 1.165) is 19.4 Å². The molecule has 2 aliphatic heterocycles. The molecule has 0 saturated carbocycles. The van der Waals surface area contributed by atoms with Gasteiger partial charge in [-0.2, -0.15) is 0 Å². The zero-order chi connectivity index (χ0) is 16.8. The molecule has 4 N–H and O–H groups in total. The van der Waals surface area contributed by atoms with Gasteiger partial charge in [0.05, 0.1) is 0 Å². The molecule has 23 heavy (non-hydrogen) atoms. The highest BCUT2D eigenvalue weighted by molar-refractivity contribution is 5.89. The molecule has 3 amide bonds. The van der Waals surface area contributed by atoms with Crippen LogP contribution in [0.1, 0.15) is 25.7 Å². The second-order valence-corrected chi connectivity index (χ2v) is 5.85. The molecule has 130 valence electrons. The summed E-state index contributed by atoms with van der Waals surface area (Å²) in [5.41, 5.74) is 0. The average Bonchev–Trinajstić information content (AvgIpc) is 2.91. The van der Waals surface area contributed by atoms with E-state index in [9.17, 15) is 19.5 Å². The number of urea groups is 1. The van der Waals surface area contributed by atoms with Crippen LogP contribution in [0.3, 0.4) is 0 Å². The van der Waals surface area contributed by atoms with Gasteiger partial charge in [-0.3, -0.25) is 14.5 Å². The Morgan fingerprint density at radius 2 is 2.09 bits per heavy atom. The highest BCUT2D eigenvalue weighted by Gasteiger charge is 2.33. The molecule has 9 nitrogen and oxygen atoms in total. The maximum absolute atomic E-state index is 12.1. The van der Waals surface area contributed by atoms with Crippen LogP contribution in [0.5, 0.6) is 0 Å². The Kier molecular flexibility index (Phi) is 6.17. The first kappa shape index (κ1) is 17.5. The molecule has 2 heterocycles. The van der Waals surface area contributed by atoms with Crippen molar-refractivity contribution in [1.82, 2.24) is 20.4 Å². The Balaban J connectivity index is 1.85. The number of carbonyl (C=O) groups is 3. The minimum Gasteiger partial charge on any atom is -0.480 e. The second kappa shape index (κ2) is 8.11. The molecule has 0 radical (unpaired) electrons. The number of likely N-dealkylation sites (tertiary alicyclic amines) is 1. The third-order valence-corrected chi connectivity index (χ3v) is 4.22. The fourth-order valence-corrected chi connectivity index (χ4v) is 3.04. The van der Waals surface area contributed by atoms with Crippen LogP contribution in [0, 0.1) is 0 Å². The molecule has 2 saturated heterocycles. The number of nitrogens with zero attached hydrogens (tertiary/aromatic N) is 2. The predicted octanol–water partition coefficient (Wildman–Crippen LogP) is -1.22. The number of aliphatic hydroxyl groups excluding tert-OH is 1. The van der Waals surface area contributed by atoms with E-state index in [4.69, 9.17) is 5.11 Å². The van der Waals surface area contributed by atoms with Crippen LogP contribution in [-0.4, -0.2) is 82.9 Å². The monoisotopic (exact) mass is 328 g/mol. The summed E-state index contributed by atoms with van der Waals surface area (Å²) in [6, 6.07) is -0.958. The molecule has 2 unspecified atom stereocenters. The van der Waals surface area contributed by atoms with Gasteiger partial charge in [0.25, 0.3) is 0 Å². The van der Waals surface area contributed by atoms with Gasteiger partial charge in [0.1, 0.15) is 18.8 Å². The molecule has 2 fully saturated rings. The number of rotatable bonds is 7. The van der Waals surface area contributed by atoms with Crippen molar-refractivity contribution in [3.63, 3.8) is 0 Å². The van der Waals surface area contributed by atoms with E-state index in [-0.39, 0.29) is 6.03 Å². The van der Waals surface area contributed by atoms with E-state index in [2.05, 4.69) is 10.6 Å². The third kappa shape index (κ3) is 4.80. The third-order valence-electron chi connectivity index (χ3n) is 4.22. The molecule has 0 spiro atoms. The van der Waals surface area contributed by atoms with Crippen molar-refractivity contribution in [3.8, 4) is 0 Å². The van der Waals surface area contributed by atoms with Crippen LogP contribution in [0.25, 0.3) is 0 Å². The number of amides is 3. The largest absolute Gasteiger partial charge is 0.480 e. The highest BCUT2D eigenvalue weighted by Crippen LogP contribution is 2.16. The molecule has 0 aromatic heterocycles. The Morgan fingerprint density at radius 1 is 1.30 bits per heavy atom. The first-order chi connectivity index (χ1) is 11.0. The molecule has 2 atom stereocenters. The van der Waals surface area contributed by atoms with Gasteiger partial charge in [-0.1, -0.05) is 0 Å². The number of hydrogen-bond acceptors (Lipinski definition) is 5. The zero-order valence-corrected chi connectivity index (χ0v) is 13.0. The SMILES string of the molecule is O=C(O)CNC(=O)C1CCNC(=O)N1CCCN1CCCC1O. The Bertz CT molecular complexity index is 458. The van der Waals surface area contributed by atoms with Gasteiger partial charge < -0.3 is 25.7 Å². The van der Waals surface area contributed by atoms with Crippen molar-refractivity contribution in [2.45, 2.75) is 38.0 Å². The van der Waals surface area contributed by atoms with Crippen LogP contribution < -0.4 is 10.6 Å². The predicted molar refractivity (Wildman–Crippen MR) is 80.6 cm³/mol. The van der Waals surface area contributed by atoms with Crippen molar-refractivity contribution in [2.24, 2.45) is 0 Å². The molecular formula is C14H24N4O5. The van der Waals surface area contributed by atoms with E-state index in [1.807, 2.05) is 4.90 Å². The summed E-state index contributed by atoms with van der Waals surface area (Å²) in [5, 5.41) is 23.4. The number of carboxylic acids is 1. The molecule has 9 heteroatoms. The second-order valence-electron chi connectivity index (χ2n) is 5.85. The van der Waals surface area contributed by atoms with Crippen LogP contribution in [-0.2, 0) is 9.59 Å². The molecule has 0 bridgehead atoms. The lowest BCUT2D eigenvalue weighted by Crippen LogP contribution is -2.58. The van der Waals surface area contributed by atoms with Crippen LogP contribution in [0.2, 0.25) is 0 Å². The summed E-state index contributed by atoms with van der Waals surface area (Å²) >= 11 is 0. The van der Waals surface area contributed by atoms with Crippen molar-refractivity contribution in [1.29, 1.82) is 0 Å². The van der Waals surface area contributed by atoms with Crippen LogP contribution in [0.15, 0.2) is 0 Å². The summed E-state index contributed by atoms with van der Waals surface area (Å²) in [6.45, 7) is 1.83. The van der Waals surface area contributed by atoms with Gasteiger partial charge in [-0.25, -0.2) is 4.79 Å². The number of carboxylic acid groups (broad SMARTS) is 1. The van der Waals surface area contributed by atoms with Crippen molar-refractivity contribution < 1.29 is 24.6 Å². The lowest BCUT2D eigenvalue weighted by molar-refractivity contribution is -0.138. The molecular weight excluding hydrogens is 304 g/mol. The van der Waals surface area contributed by atoms with Gasteiger partial charge >= 0.3 is 12.0 Å². The van der Waals surface area contributed by atoms with Gasteiger partial charge in [-0.15, -0.1) is 0 Å². The van der Waals surface area contributed by atoms with Gasteiger partial charge in [0, 0.05) is 26.2 Å². The number of nitrogens with one attached hydrogen (secondary N) is 2. The number of aliphatic carboxylic acids is 1. The van der Waals surface area contributed by atoms with Gasteiger partial charge in [-0.05, 0) is 25.7 Å². The standard InChI is InChI=1S/C14H24N4O5/c19-11-3-1-6-17(11)7-2-8-18-10(4-5-15-14(18)23)13(22)16-9-12(20)21/h10-11,19H,1-9H2,(H,15,23)(H,16,22)(H,20,21). The summed E-state index contributed by atoms with van der Waals surface area (Å²) in [5.74, 6) is -1.56. The van der Waals surface area contributed by atoms with Gasteiger partial charge in [0.15, 0.2) is 0 Å². The number of carbonyl (C=O) groups excluding carboxylic acids is 2. The first-order valence-electron chi connectivity index (χ1n) is 7.95. The first-order valence-corrected chi connectivity index (χ1v) is 7.95. The number of hydrogen-bond donors (Lipinski definition) is 4. The van der Waals surface area contributed by atoms with E-state index >= 15 is 0 Å². The quantitative estimate of drug-likeness (QED) is 0.464. The van der Waals surface area contributed by atoms with Gasteiger partial charge in [0.2, 0.25) is 5.91 Å². The molecule has 0 aromatic rings. The number of aliphatic hydroxyl groups is 1. The smallest absolute Gasteiger partial charge is 0.322 e. The van der Waals surface area contributed by atoms with Crippen molar-refractivity contribution in [2.75, 3.05) is 32.7 Å². The van der Waals surface area contributed by atoms with E-state index in [0.29, 0.717) is 32.5 Å². The van der Waals surface area contributed by atoms with Crippen molar-refractivity contribution >= 4 is 17.9 Å². The minimum absolute atomic E-state index is 0.311. The zero-order valence-electron chi connectivity index (χ0n) is 13.0. The maximum Gasteiger partial charge on any atom is 0.322 e. The topological polar surface area (TPSA) is 122 Å². The Labute approximate surface area is 134 Å². The summed E-state index contributed by atoms with van der Waals surface area (Å²) in [6.07, 6.45) is 2.41. The summed E-state index contributed by atoms with van der Waals surface area (Å²) in [7, 11) is 0.